The first-order valence-corrected chi connectivity index (χ1v) is 7.89. The van der Waals surface area contributed by atoms with E-state index in [9.17, 15) is 0 Å². The van der Waals surface area contributed by atoms with Gasteiger partial charge in [-0.25, -0.2) is 4.98 Å². The predicted octanol–water partition coefficient (Wildman–Crippen LogP) is 3.50. The molecule has 5 nitrogen and oxygen atoms in total. The summed E-state index contributed by atoms with van der Waals surface area (Å²) < 4.78 is 0. The van der Waals surface area contributed by atoms with Gasteiger partial charge in [0, 0.05) is 48.7 Å². The van der Waals surface area contributed by atoms with Crippen molar-refractivity contribution in [2.24, 2.45) is 0 Å². The maximum absolute atomic E-state index is 7.63. The van der Waals surface area contributed by atoms with Gasteiger partial charge in [0.05, 0.1) is 11.0 Å². The van der Waals surface area contributed by atoms with Gasteiger partial charge in [-0.05, 0) is 42.3 Å². The molecule has 0 saturated carbocycles. The Bertz CT molecular complexity index is 877. The Morgan fingerprint density at radius 2 is 2.00 bits per heavy atom. The molecule has 6 heteroatoms. The van der Waals surface area contributed by atoms with Crippen molar-refractivity contribution in [3.63, 3.8) is 0 Å². The molecule has 0 bridgehead atoms. The Morgan fingerprint density at radius 1 is 1.17 bits per heavy atom. The number of rotatable bonds is 6. The minimum atomic E-state index is 0.428. The highest BCUT2D eigenvalue weighted by Crippen LogP contribution is 2.18. The zero-order valence-corrected chi connectivity index (χ0v) is 13.7. The lowest BCUT2D eigenvalue weighted by Gasteiger charge is -2.06. The average Bonchev–Trinajstić information content (AvgIpc) is 2.62. The summed E-state index contributed by atoms with van der Waals surface area (Å²) in [5, 5.41) is 11.3. The molecule has 0 fully saturated rings. The van der Waals surface area contributed by atoms with E-state index in [4.69, 9.17) is 17.0 Å². The monoisotopic (exact) mass is 337 g/mol. The van der Waals surface area contributed by atoms with Gasteiger partial charge in [0.15, 0.2) is 0 Å². The maximum atomic E-state index is 7.63. The summed E-state index contributed by atoms with van der Waals surface area (Å²) in [6.07, 6.45) is 9.31. The second kappa shape index (κ2) is 7.66. The Morgan fingerprint density at radius 3 is 2.79 bits per heavy atom. The standard InChI is InChI=1S/C18H16ClN5/c19-18-2-1-16-17(24-18)9-14(12-23-16)15(10-20)11-22-8-5-13-3-6-21-7-4-13/h1-4,6-7,9-12,20,22H,5,8H2/b15-11+,20-10?. The zero-order valence-electron chi connectivity index (χ0n) is 12.9. The molecule has 2 N–H and O–H groups in total. The van der Waals surface area contributed by atoms with Crippen molar-refractivity contribution in [1.29, 1.82) is 5.41 Å². The van der Waals surface area contributed by atoms with Crippen LogP contribution in [0.3, 0.4) is 0 Å². The molecule has 3 rings (SSSR count). The van der Waals surface area contributed by atoms with E-state index in [2.05, 4.69) is 20.3 Å². The largest absolute Gasteiger partial charge is 0.390 e. The molecule has 0 atom stereocenters. The molecule has 0 amide bonds. The van der Waals surface area contributed by atoms with Crippen molar-refractivity contribution in [2.75, 3.05) is 6.54 Å². The van der Waals surface area contributed by atoms with Crippen LogP contribution >= 0.6 is 11.6 Å². The Labute approximate surface area is 145 Å². The first-order valence-electron chi connectivity index (χ1n) is 7.52. The molecule has 120 valence electrons. The van der Waals surface area contributed by atoms with Crippen LogP contribution in [0.4, 0.5) is 0 Å². The number of pyridine rings is 3. The molecular weight excluding hydrogens is 322 g/mol. The number of allylic oxidation sites excluding steroid dienone is 1. The number of nitrogens with one attached hydrogen (secondary N) is 2. The van der Waals surface area contributed by atoms with Crippen LogP contribution in [0.25, 0.3) is 16.6 Å². The summed E-state index contributed by atoms with van der Waals surface area (Å²) in [4.78, 5) is 12.6. The summed E-state index contributed by atoms with van der Waals surface area (Å²) in [5.41, 5.74) is 4.26. The molecule has 0 radical (unpaired) electrons. The first-order chi connectivity index (χ1) is 11.8. The number of fused-ring (bicyclic) bond motifs is 1. The minimum Gasteiger partial charge on any atom is -0.390 e. The van der Waals surface area contributed by atoms with Gasteiger partial charge in [0.25, 0.3) is 0 Å². The van der Waals surface area contributed by atoms with Crippen LogP contribution < -0.4 is 5.32 Å². The van der Waals surface area contributed by atoms with Crippen LogP contribution in [-0.2, 0) is 6.42 Å². The first kappa shape index (κ1) is 16.1. The van der Waals surface area contributed by atoms with Crippen LogP contribution in [0.2, 0.25) is 5.15 Å². The molecule has 3 heterocycles. The van der Waals surface area contributed by atoms with Gasteiger partial charge in [-0.3, -0.25) is 9.97 Å². The predicted molar refractivity (Wildman–Crippen MR) is 97.3 cm³/mol. The van der Waals surface area contributed by atoms with E-state index in [1.165, 1.54) is 11.8 Å². The third-order valence-corrected chi connectivity index (χ3v) is 3.77. The molecular formula is C18H16ClN5. The number of nitrogens with zero attached hydrogens (tertiary/aromatic N) is 3. The van der Waals surface area contributed by atoms with Crippen LogP contribution in [0.5, 0.6) is 0 Å². The van der Waals surface area contributed by atoms with E-state index in [1.54, 1.807) is 24.7 Å². The molecule has 0 aliphatic carbocycles. The SMILES string of the molecule is N=C/C(=C\NCCc1ccncc1)c1cnc2ccc(Cl)nc2c1. The highest BCUT2D eigenvalue weighted by molar-refractivity contribution is 6.29. The Kier molecular flexibility index (Phi) is 5.13. The fraction of sp³-hybridized carbons (Fsp3) is 0.111. The van der Waals surface area contributed by atoms with E-state index in [-0.39, 0.29) is 0 Å². The molecule has 3 aromatic rings. The van der Waals surface area contributed by atoms with Crippen LogP contribution in [0, 0.1) is 5.41 Å². The van der Waals surface area contributed by atoms with E-state index < -0.39 is 0 Å². The summed E-state index contributed by atoms with van der Waals surface area (Å²) in [6.45, 7) is 0.770. The Hall–Kier alpha value is -2.79. The van der Waals surface area contributed by atoms with Crippen molar-refractivity contribution < 1.29 is 0 Å². The lowest BCUT2D eigenvalue weighted by Crippen LogP contribution is -2.11. The third-order valence-electron chi connectivity index (χ3n) is 3.56. The second-order valence-electron chi connectivity index (χ2n) is 5.20. The van der Waals surface area contributed by atoms with E-state index >= 15 is 0 Å². The zero-order chi connectivity index (χ0) is 16.8. The van der Waals surface area contributed by atoms with Gasteiger partial charge in [0.2, 0.25) is 0 Å². The van der Waals surface area contributed by atoms with E-state index in [1.807, 2.05) is 30.5 Å². The van der Waals surface area contributed by atoms with E-state index in [0.717, 1.165) is 29.6 Å². The quantitative estimate of drug-likeness (QED) is 0.410. The minimum absolute atomic E-state index is 0.428. The molecule has 0 unspecified atom stereocenters. The summed E-state index contributed by atoms with van der Waals surface area (Å²) in [7, 11) is 0. The van der Waals surface area contributed by atoms with Crippen LogP contribution in [0.1, 0.15) is 11.1 Å². The highest BCUT2D eigenvalue weighted by atomic mass is 35.5. The van der Waals surface area contributed by atoms with Gasteiger partial charge < -0.3 is 10.7 Å². The van der Waals surface area contributed by atoms with Crippen molar-refractivity contribution in [1.82, 2.24) is 20.3 Å². The highest BCUT2D eigenvalue weighted by Gasteiger charge is 2.03. The fourth-order valence-corrected chi connectivity index (χ4v) is 2.45. The number of aromatic nitrogens is 3. The summed E-state index contributed by atoms with van der Waals surface area (Å²) in [5.74, 6) is 0. The Balaban J connectivity index is 1.72. The van der Waals surface area contributed by atoms with Gasteiger partial charge >= 0.3 is 0 Å². The summed E-state index contributed by atoms with van der Waals surface area (Å²) >= 11 is 5.93. The molecule has 0 aliphatic heterocycles. The molecule has 0 saturated heterocycles. The lowest BCUT2D eigenvalue weighted by atomic mass is 10.1. The number of hydrogen-bond acceptors (Lipinski definition) is 5. The third kappa shape index (κ3) is 3.94. The van der Waals surface area contributed by atoms with Crippen LogP contribution in [-0.4, -0.2) is 27.7 Å². The average molecular weight is 338 g/mol. The molecule has 3 aromatic heterocycles. The lowest BCUT2D eigenvalue weighted by molar-refractivity contribution is 0.833. The second-order valence-corrected chi connectivity index (χ2v) is 5.59. The molecule has 0 aromatic carbocycles. The van der Waals surface area contributed by atoms with Gasteiger partial charge in [-0.1, -0.05) is 11.6 Å². The van der Waals surface area contributed by atoms with Gasteiger partial charge in [0.1, 0.15) is 5.15 Å². The molecule has 24 heavy (non-hydrogen) atoms. The normalized spacial score (nSPS) is 11.5. The summed E-state index contributed by atoms with van der Waals surface area (Å²) in [6, 6.07) is 9.41. The number of hydrogen-bond donors (Lipinski definition) is 2. The van der Waals surface area contributed by atoms with Crippen molar-refractivity contribution >= 4 is 34.4 Å². The molecule has 0 aliphatic rings. The van der Waals surface area contributed by atoms with Gasteiger partial charge in [-0.2, -0.15) is 0 Å². The smallest absolute Gasteiger partial charge is 0.129 e. The molecule has 0 spiro atoms. The maximum Gasteiger partial charge on any atom is 0.129 e. The van der Waals surface area contributed by atoms with Crippen molar-refractivity contribution in [3.8, 4) is 0 Å². The van der Waals surface area contributed by atoms with Crippen LogP contribution in [0.15, 0.2) is 55.1 Å². The van der Waals surface area contributed by atoms with E-state index in [0.29, 0.717) is 10.7 Å². The van der Waals surface area contributed by atoms with Crippen molar-refractivity contribution in [2.45, 2.75) is 6.42 Å². The van der Waals surface area contributed by atoms with Crippen molar-refractivity contribution in [3.05, 3.63) is 71.4 Å². The number of halogens is 1. The topological polar surface area (TPSA) is 74.6 Å². The fourth-order valence-electron chi connectivity index (χ4n) is 2.30. The van der Waals surface area contributed by atoms with Gasteiger partial charge in [-0.15, -0.1) is 0 Å².